The highest BCUT2D eigenvalue weighted by atomic mass is 15.1. The Morgan fingerprint density at radius 3 is 1.16 bits per heavy atom. The van der Waals surface area contributed by atoms with Crippen LogP contribution in [0.25, 0.3) is 71.6 Å². The third-order valence-electron chi connectivity index (χ3n) is 13.2. The molecule has 250 valence electrons. The number of aromatic nitrogens is 2. The van der Waals surface area contributed by atoms with E-state index in [4.69, 9.17) is 4.98 Å². The van der Waals surface area contributed by atoms with Crippen LogP contribution in [0.2, 0.25) is 0 Å². The van der Waals surface area contributed by atoms with Gasteiger partial charge in [0.05, 0.1) is 46.1 Å². The second-order valence-corrected chi connectivity index (χ2v) is 17.1. The van der Waals surface area contributed by atoms with Crippen molar-refractivity contribution in [2.24, 2.45) is 0 Å². The van der Waals surface area contributed by atoms with Gasteiger partial charge in [-0.15, -0.1) is 32.8 Å². The van der Waals surface area contributed by atoms with E-state index in [-0.39, 0.29) is 5.11 Å². The largest absolute Gasteiger partial charge is 0.296 e. The highest BCUT2D eigenvalue weighted by Gasteiger charge is 2.27. The van der Waals surface area contributed by atoms with E-state index in [0.29, 0.717) is 0 Å². The Bertz CT molecular complexity index is 2730. The Morgan fingerprint density at radius 2 is 0.745 bits per heavy atom. The van der Waals surface area contributed by atoms with Crippen molar-refractivity contribution in [1.29, 1.82) is 0 Å². The molecular weight excluding hydrogens is 649 g/mol. The summed E-state index contributed by atoms with van der Waals surface area (Å²) in [5.41, 5.74) is 24.8. The van der Waals surface area contributed by atoms with Crippen molar-refractivity contribution in [3.05, 3.63) is 96.8 Å². The summed E-state index contributed by atoms with van der Waals surface area (Å²) >= 11 is 0. The van der Waals surface area contributed by atoms with Gasteiger partial charge in [0.15, 0.2) is 0 Å². The molecule has 1 heterocycles. The first kappa shape index (κ1) is 37.3. The fourth-order valence-electron chi connectivity index (χ4n) is 9.34. The van der Waals surface area contributed by atoms with Gasteiger partial charge < -0.3 is 0 Å². The predicted molar refractivity (Wildman–Crippen MR) is 281 cm³/mol. The second-order valence-electron chi connectivity index (χ2n) is 17.1. The van der Waals surface area contributed by atoms with Gasteiger partial charge in [0.1, 0.15) is 78.5 Å². The van der Waals surface area contributed by atoms with Crippen LogP contribution in [0.4, 0.5) is 0 Å². The van der Waals surface area contributed by atoms with Gasteiger partial charge in [-0.1, -0.05) is 87.6 Å². The molecule has 7 aromatic carbocycles. The molecule has 15 heteroatoms. The summed E-state index contributed by atoms with van der Waals surface area (Å²) in [5.74, 6) is 1.06. The summed E-state index contributed by atoms with van der Waals surface area (Å²) in [6.45, 7) is 0. The normalized spacial score (nSPS) is 11.9. The molecule has 0 saturated carbocycles. The summed E-state index contributed by atoms with van der Waals surface area (Å²) < 4.78 is 2.45. The molecule has 0 N–H and O–H groups in total. The average molecular weight is 690 g/mol. The quantitative estimate of drug-likeness (QED) is 0.130. The lowest BCUT2D eigenvalue weighted by Gasteiger charge is -2.26. The van der Waals surface area contributed by atoms with E-state index in [1.807, 2.05) is 0 Å². The van der Waals surface area contributed by atoms with Crippen LogP contribution in [0.1, 0.15) is 5.82 Å². The van der Waals surface area contributed by atoms with Crippen LogP contribution in [-0.2, 0) is 5.11 Å². The van der Waals surface area contributed by atoms with E-state index in [1.54, 1.807) is 0 Å². The number of rotatable bonds is 5. The molecule has 8 rings (SSSR count). The molecule has 0 saturated heterocycles. The van der Waals surface area contributed by atoms with Gasteiger partial charge in [0.2, 0.25) is 0 Å². The number of imidazole rings is 1. The van der Waals surface area contributed by atoms with Crippen LogP contribution >= 0.6 is 0 Å². The lowest BCUT2D eigenvalue weighted by molar-refractivity contribution is 0.939. The lowest BCUT2D eigenvalue weighted by Crippen LogP contribution is -2.55. The zero-order valence-electron chi connectivity index (χ0n) is 35.1. The van der Waals surface area contributed by atoms with Crippen LogP contribution in [0, 0.1) is 0 Å². The number of para-hydroxylation sites is 2. The number of nitrogens with zero attached hydrogens (tertiary/aromatic N) is 2. The maximum atomic E-state index is 5.28. The topological polar surface area (TPSA) is 17.8 Å². The maximum absolute atomic E-state index is 5.28. The van der Waals surface area contributed by atoms with Gasteiger partial charge in [-0.05, 0) is 74.5 Å². The minimum absolute atomic E-state index is 0.177. The number of benzene rings is 7. The summed E-state index contributed by atoms with van der Waals surface area (Å²) in [6, 6.07) is 34.1. The molecule has 0 aliphatic heterocycles. The fourth-order valence-corrected chi connectivity index (χ4v) is 9.34. The van der Waals surface area contributed by atoms with Crippen LogP contribution in [0.15, 0.2) is 91.0 Å². The Hall–Kier alpha value is -4.63. The van der Waals surface area contributed by atoms with E-state index in [2.05, 4.69) is 198 Å². The molecule has 8 aromatic rings. The zero-order valence-corrected chi connectivity index (χ0v) is 35.1. The number of hydrogen-bond acceptors (Lipinski definition) is 1. The first-order valence-corrected chi connectivity index (χ1v) is 19.8. The average Bonchev–Trinajstić information content (AvgIpc) is 3.57. The highest BCUT2D eigenvalue weighted by molar-refractivity contribution is 6.70. The summed E-state index contributed by atoms with van der Waals surface area (Å²) in [7, 11) is 29.8. The molecule has 0 radical (unpaired) electrons. The van der Waals surface area contributed by atoms with Crippen LogP contribution in [0.3, 0.4) is 0 Å². The molecule has 1 aromatic heterocycles. The van der Waals surface area contributed by atoms with Gasteiger partial charge in [-0.2, -0.15) is 0 Å². The minimum atomic E-state index is -0.177. The highest BCUT2D eigenvalue weighted by Crippen LogP contribution is 2.44. The molecular formula is C40H41B13N2. The first-order valence-electron chi connectivity index (χ1n) is 19.8. The van der Waals surface area contributed by atoms with Gasteiger partial charge in [0, 0.05) is 10.8 Å². The molecule has 2 nitrogen and oxygen atoms in total. The van der Waals surface area contributed by atoms with Crippen LogP contribution in [0.5, 0.6) is 0 Å². The van der Waals surface area contributed by atoms with E-state index in [1.165, 1.54) is 115 Å². The van der Waals surface area contributed by atoms with Crippen molar-refractivity contribution in [3.63, 3.8) is 0 Å². The Morgan fingerprint density at radius 1 is 0.400 bits per heavy atom. The van der Waals surface area contributed by atoms with E-state index < -0.39 is 0 Å². The molecule has 0 bridgehead atoms. The Balaban J connectivity index is 1.56. The number of fused-ring (bicyclic) bond motifs is 3. The van der Waals surface area contributed by atoms with Gasteiger partial charge in [-0.3, -0.25) is 4.57 Å². The summed E-state index contributed by atoms with van der Waals surface area (Å²) in [5, 5.41) is 4.75. The lowest BCUT2D eigenvalue weighted by atomic mass is 9.42. The smallest absolute Gasteiger partial charge is 0.139 e. The standard InChI is InChI=1S/C40H41B13N2/c41-28-26(29(42)33(46)36(49)32(28)45)17-13-16(14-18(15-17)27-30(43)34(47)37(50)35(48)31(27)44)25-19-7-1-3-9-21(19)38(22-10-4-2-8-20(22)25)55-24-12-6-5-11-23(24)54-39(55)40(51,52)53/h1-15H,41-53H2. The molecule has 0 amide bonds. The monoisotopic (exact) mass is 692 g/mol. The fraction of sp³-hybridized carbons (Fsp3) is 0.0250. The summed E-state index contributed by atoms with van der Waals surface area (Å²) in [4.78, 5) is 5.28. The molecule has 0 aliphatic rings. The van der Waals surface area contributed by atoms with Crippen molar-refractivity contribution >= 4 is 189 Å². The zero-order chi connectivity index (χ0) is 39.2. The van der Waals surface area contributed by atoms with Crippen molar-refractivity contribution in [2.45, 2.75) is 5.11 Å². The van der Waals surface area contributed by atoms with E-state index >= 15 is 0 Å². The Kier molecular flexibility index (Phi) is 9.18. The van der Waals surface area contributed by atoms with Gasteiger partial charge in [0.25, 0.3) is 0 Å². The second kappa shape index (κ2) is 13.5. The molecule has 0 aliphatic carbocycles. The minimum Gasteiger partial charge on any atom is -0.296 e. The molecule has 0 atom stereocenters. The molecule has 0 unspecified atom stereocenters. The van der Waals surface area contributed by atoms with Crippen molar-refractivity contribution < 1.29 is 0 Å². The summed E-state index contributed by atoms with van der Waals surface area (Å²) in [6.07, 6.45) is 0. The van der Waals surface area contributed by atoms with Gasteiger partial charge >= 0.3 is 0 Å². The predicted octanol–water partition coefficient (Wildman–Crippen LogP) is -10.1. The molecule has 0 spiro atoms. The molecule has 55 heavy (non-hydrogen) atoms. The van der Waals surface area contributed by atoms with E-state index in [0.717, 1.165) is 16.9 Å². The van der Waals surface area contributed by atoms with Crippen molar-refractivity contribution in [1.82, 2.24) is 9.55 Å². The van der Waals surface area contributed by atoms with Crippen LogP contribution in [-0.4, -0.2) is 112 Å². The maximum Gasteiger partial charge on any atom is 0.139 e. The van der Waals surface area contributed by atoms with Crippen molar-refractivity contribution in [2.75, 3.05) is 0 Å². The third kappa shape index (κ3) is 5.79. The Labute approximate surface area is 338 Å². The number of hydrogen-bond donors (Lipinski definition) is 0. The van der Waals surface area contributed by atoms with Crippen molar-refractivity contribution in [3.8, 4) is 39.1 Å². The SMILES string of the molecule is Bc1c(B)c(B)c(-c2cc(-c3c(B)c(B)c(B)c(B)c3B)cc(-c3c4ccccc4c(-n4c(C(B)(B)B)nc5ccccc54)c4ccccc34)c2)c(B)c1B. The molecule has 0 fully saturated rings. The first-order chi connectivity index (χ1) is 26.1. The van der Waals surface area contributed by atoms with E-state index in [9.17, 15) is 0 Å². The van der Waals surface area contributed by atoms with Gasteiger partial charge in [-0.25, -0.2) is 4.98 Å². The van der Waals surface area contributed by atoms with Crippen LogP contribution < -0.4 is 54.6 Å². The third-order valence-corrected chi connectivity index (χ3v) is 13.2.